The van der Waals surface area contributed by atoms with Crippen molar-refractivity contribution in [2.24, 2.45) is 11.8 Å². The lowest BCUT2D eigenvalue weighted by Gasteiger charge is -2.26. The summed E-state index contributed by atoms with van der Waals surface area (Å²) < 4.78 is 0. The Bertz CT molecular complexity index is 678. The lowest BCUT2D eigenvalue weighted by atomic mass is 9.99. The summed E-state index contributed by atoms with van der Waals surface area (Å²) in [5.74, 6) is -2.20. The summed E-state index contributed by atoms with van der Waals surface area (Å²) in [6.07, 6.45) is 0.829. The first-order chi connectivity index (χ1) is 13.1. The van der Waals surface area contributed by atoms with Gasteiger partial charge in [-0.25, -0.2) is 4.79 Å². The van der Waals surface area contributed by atoms with Crippen LogP contribution < -0.4 is 10.6 Å². The smallest absolute Gasteiger partial charge is 0.326 e. The second kappa shape index (κ2) is 10.9. The molecule has 1 rings (SSSR count). The highest BCUT2D eigenvalue weighted by Gasteiger charge is 2.31. The number of amides is 2. The van der Waals surface area contributed by atoms with Gasteiger partial charge in [0, 0.05) is 6.42 Å². The number of phenols is 1. The first kappa shape index (κ1) is 23.8. The molecule has 28 heavy (non-hydrogen) atoms. The predicted molar refractivity (Wildman–Crippen MR) is 110 cm³/mol. The van der Waals surface area contributed by atoms with Crippen molar-refractivity contribution < 1.29 is 24.6 Å². The van der Waals surface area contributed by atoms with Crippen LogP contribution in [0.1, 0.15) is 39.7 Å². The van der Waals surface area contributed by atoms with Crippen molar-refractivity contribution in [2.45, 2.75) is 57.9 Å². The molecule has 0 aliphatic rings. The highest BCUT2D eigenvalue weighted by molar-refractivity contribution is 7.81. The number of thiol groups is 1. The molecule has 1 aromatic carbocycles. The molecule has 0 unspecified atom stereocenters. The largest absolute Gasteiger partial charge is 0.508 e. The Hall–Kier alpha value is -2.22. The molecule has 0 spiro atoms. The Morgan fingerprint density at radius 3 is 2.07 bits per heavy atom. The third-order valence-corrected chi connectivity index (χ3v) is 5.43. The van der Waals surface area contributed by atoms with Crippen molar-refractivity contribution in [1.29, 1.82) is 0 Å². The molecule has 4 atom stereocenters. The lowest BCUT2D eigenvalue weighted by molar-refractivity contribution is -0.142. The maximum Gasteiger partial charge on any atom is 0.326 e. The molecule has 0 aromatic heterocycles. The van der Waals surface area contributed by atoms with E-state index in [1.54, 1.807) is 26.0 Å². The van der Waals surface area contributed by atoms with E-state index in [1.165, 1.54) is 12.1 Å². The van der Waals surface area contributed by atoms with Crippen LogP contribution in [0.5, 0.6) is 5.75 Å². The van der Waals surface area contributed by atoms with Crippen LogP contribution in [0, 0.1) is 11.8 Å². The maximum absolute atomic E-state index is 12.7. The summed E-state index contributed by atoms with van der Waals surface area (Å²) in [7, 11) is 0. The molecular formula is C20H30N2O5S. The highest BCUT2D eigenvalue weighted by atomic mass is 32.1. The van der Waals surface area contributed by atoms with Gasteiger partial charge in [-0.2, -0.15) is 12.6 Å². The molecule has 4 N–H and O–H groups in total. The van der Waals surface area contributed by atoms with Crippen molar-refractivity contribution >= 4 is 30.4 Å². The molecule has 8 heteroatoms. The Labute approximate surface area is 171 Å². The van der Waals surface area contributed by atoms with Gasteiger partial charge < -0.3 is 20.8 Å². The van der Waals surface area contributed by atoms with Crippen molar-refractivity contribution in [2.75, 3.05) is 0 Å². The molecular weight excluding hydrogens is 380 g/mol. The van der Waals surface area contributed by atoms with E-state index < -0.39 is 29.2 Å². The van der Waals surface area contributed by atoms with Gasteiger partial charge in [-0.1, -0.05) is 46.2 Å². The van der Waals surface area contributed by atoms with Crippen LogP contribution >= 0.6 is 12.6 Å². The molecule has 0 bridgehead atoms. The van der Waals surface area contributed by atoms with E-state index >= 15 is 0 Å². The molecule has 2 amide bonds. The molecule has 0 heterocycles. The zero-order valence-electron chi connectivity index (χ0n) is 16.7. The normalized spacial score (nSPS) is 15.4. The number of aromatic hydroxyl groups is 1. The zero-order chi connectivity index (χ0) is 21.4. The second-order valence-corrected chi connectivity index (χ2v) is 7.89. The van der Waals surface area contributed by atoms with Gasteiger partial charge in [0.15, 0.2) is 0 Å². The Morgan fingerprint density at radius 1 is 1.04 bits per heavy atom. The Morgan fingerprint density at radius 2 is 1.61 bits per heavy atom. The van der Waals surface area contributed by atoms with E-state index in [2.05, 4.69) is 23.3 Å². The molecule has 0 fully saturated rings. The fourth-order valence-electron chi connectivity index (χ4n) is 2.58. The summed E-state index contributed by atoms with van der Waals surface area (Å²) in [6, 6.07) is 4.07. The minimum atomic E-state index is -1.18. The Kier molecular flexibility index (Phi) is 9.31. The first-order valence-electron chi connectivity index (χ1n) is 9.36. The molecule has 0 aliphatic heterocycles. The third-order valence-electron chi connectivity index (χ3n) is 4.69. The SMILES string of the molecule is CC[C@H](C)[C@H](S)C(=O)N[C@H](C(=O)N[C@@H](Cc1ccc(O)cc1)C(=O)O)C(C)C. The van der Waals surface area contributed by atoms with Gasteiger partial charge in [-0.3, -0.25) is 9.59 Å². The number of carbonyl (C=O) groups is 3. The number of carbonyl (C=O) groups excluding carboxylic acids is 2. The quantitative estimate of drug-likeness (QED) is 0.378. The van der Waals surface area contributed by atoms with Crippen LogP contribution in [0.4, 0.5) is 0 Å². The van der Waals surface area contributed by atoms with E-state index in [4.69, 9.17) is 0 Å². The lowest BCUT2D eigenvalue weighted by Crippen LogP contribution is -2.55. The summed E-state index contributed by atoms with van der Waals surface area (Å²) in [6.45, 7) is 7.41. The van der Waals surface area contributed by atoms with Crippen molar-refractivity contribution in [1.82, 2.24) is 10.6 Å². The van der Waals surface area contributed by atoms with E-state index in [1.807, 2.05) is 13.8 Å². The molecule has 156 valence electrons. The molecule has 0 radical (unpaired) electrons. The number of carboxylic acids is 1. The topological polar surface area (TPSA) is 116 Å². The summed E-state index contributed by atoms with van der Waals surface area (Å²) in [5.41, 5.74) is 0.655. The predicted octanol–water partition coefficient (Wildman–Crippen LogP) is 1.99. The first-order valence-corrected chi connectivity index (χ1v) is 9.87. The maximum atomic E-state index is 12.7. The monoisotopic (exact) mass is 410 g/mol. The third kappa shape index (κ3) is 7.07. The van der Waals surface area contributed by atoms with Crippen molar-refractivity contribution in [3.63, 3.8) is 0 Å². The fourth-order valence-corrected chi connectivity index (χ4v) is 2.87. The average molecular weight is 411 g/mol. The molecule has 0 saturated carbocycles. The minimum absolute atomic E-state index is 0.0421. The number of carboxylic acid groups (broad SMARTS) is 1. The van der Waals surface area contributed by atoms with Gasteiger partial charge in [0.2, 0.25) is 11.8 Å². The summed E-state index contributed by atoms with van der Waals surface area (Å²) in [5, 5.41) is 23.5. The van der Waals surface area contributed by atoms with Crippen LogP contribution in [0.2, 0.25) is 0 Å². The average Bonchev–Trinajstić information content (AvgIpc) is 2.65. The second-order valence-electron chi connectivity index (χ2n) is 7.33. The van der Waals surface area contributed by atoms with Gasteiger partial charge >= 0.3 is 5.97 Å². The van der Waals surface area contributed by atoms with Crippen molar-refractivity contribution in [3.05, 3.63) is 29.8 Å². The minimum Gasteiger partial charge on any atom is -0.508 e. The Balaban J connectivity index is 2.85. The van der Waals surface area contributed by atoms with E-state index in [9.17, 15) is 24.6 Å². The summed E-state index contributed by atoms with van der Waals surface area (Å²) in [4.78, 5) is 36.7. The molecule has 0 aliphatic carbocycles. The number of hydrogen-bond donors (Lipinski definition) is 5. The zero-order valence-corrected chi connectivity index (χ0v) is 17.6. The van der Waals surface area contributed by atoms with E-state index in [0.29, 0.717) is 5.56 Å². The fraction of sp³-hybridized carbons (Fsp3) is 0.550. The molecule has 1 aromatic rings. The van der Waals surface area contributed by atoms with Gasteiger partial charge in [-0.15, -0.1) is 0 Å². The van der Waals surface area contributed by atoms with Crippen LogP contribution in [0.3, 0.4) is 0 Å². The van der Waals surface area contributed by atoms with Gasteiger partial charge in [0.05, 0.1) is 5.25 Å². The standard InChI is InChI=1S/C20H30N2O5S/c1-5-12(4)17(28)19(25)22-16(11(2)3)18(24)21-15(20(26)27)10-13-6-8-14(23)9-7-13/h6-9,11-12,15-17,23,28H,5,10H2,1-4H3,(H,21,24)(H,22,25)(H,26,27)/t12-,15-,16-,17-/m0/s1. The van der Waals surface area contributed by atoms with Crippen LogP contribution in [0.15, 0.2) is 24.3 Å². The number of hydrogen-bond acceptors (Lipinski definition) is 5. The number of nitrogens with one attached hydrogen (secondary N) is 2. The number of phenolic OH excluding ortho intramolecular Hbond substituents is 1. The van der Waals surface area contributed by atoms with Crippen molar-refractivity contribution in [3.8, 4) is 5.75 Å². The van der Waals surface area contributed by atoms with Gasteiger partial charge in [0.25, 0.3) is 0 Å². The van der Waals surface area contributed by atoms with Gasteiger partial charge in [-0.05, 0) is 29.5 Å². The van der Waals surface area contributed by atoms with Gasteiger partial charge in [0.1, 0.15) is 17.8 Å². The van der Waals surface area contributed by atoms with E-state index in [0.717, 1.165) is 6.42 Å². The number of rotatable bonds is 10. The number of benzene rings is 1. The number of aliphatic carboxylic acids is 1. The highest BCUT2D eigenvalue weighted by Crippen LogP contribution is 2.15. The molecule has 7 nitrogen and oxygen atoms in total. The summed E-state index contributed by atoms with van der Waals surface area (Å²) >= 11 is 4.33. The van der Waals surface area contributed by atoms with Crippen LogP contribution in [-0.2, 0) is 20.8 Å². The van der Waals surface area contributed by atoms with E-state index in [-0.39, 0.29) is 29.9 Å². The van der Waals surface area contributed by atoms with Crippen LogP contribution in [0.25, 0.3) is 0 Å². The molecule has 0 saturated heterocycles. The van der Waals surface area contributed by atoms with Crippen LogP contribution in [-0.4, -0.2) is 45.3 Å².